The number of hydrogen-bond acceptors (Lipinski definition) is 4. The Bertz CT molecular complexity index is 1400. The lowest BCUT2D eigenvalue weighted by Gasteiger charge is -2.21. The van der Waals surface area contributed by atoms with Crippen molar-refractivity contribution in [2.75, 3.05) is 0 Å². The maximum absolute atomic E-state index is 13.1. The molecule has 33 heavy (non-hydrogen) atoms. The molecule has 1 saturated carbocycles. The Kier molecular flexibility index (Phi) is 5.53. The molecule has 2 aromatic carbocycles. The minimum Gasteiger partial charge on any atom is -0.334 e. The molecule has 6 nitrogen and oxygen atoms in total. The fourth-order valence-corrected chi connectivity index (χ4v) is 4.74. The van der Waals surface area contributed by atoms with Crippen molar-refractivity contribution in [3.8, 4) is 28.5 Å². The molecule has 0 atom stereocenters. The Hall–Kier alpha value is -3.40. The number of fused-ring (bicyclic) bond motifs is 1. The van der Waals surface area contributed by atoms with E-state index in [1.54, 1.807) is 22.8 Å². The zero-order valence-electron chi connectivity index (χ0n) is 17.6. The fraction of sp³-hybridized carbons (Fsp3) is 0.200. The largest absolute Gasteiger partial charge is 0.334 e. The lowest BCUT2D eigenvalue weighted by molar-refractivity contribution is 0.0922. The van der Waals surface area contributed by atoms with Crippen LogP contribution >= 0.6 is 23.2 Å². The number of rotatable bonds is 4. The van der Waals surface area contributed by atoms with Gasteiger partial charge in [0.25, 0.3) is 5.91 Å². The van der Waals surface area contributed by atoms with Crippen molar-refractivity contribution in [2.45, 2.75) is 31.2 Å². The van der Waals surface area contributed by atoms with E-state index in [-0.39, 0.29) is 5.91 Å². The van der Waals surface area contributed by atoms with Gasteiger partial charge in [0.1, 0.15) is 11.1 Å². The van der Waals surface area contributed by atoms with Crippen LogP contribution in [0.4, 0.5) is 0 Å². The number of nitrogens with zero attached hydrogens (tertiary/aromatic N) is 4. The van der Waals surface area contributed by atoms with Gasteiger partial charge in [-0.15, -0.1) is 0 Å². The first kappa shape index (κ1) is 21.4. The molecule has 0 radical (unpaired) electrons. The Morgan fingerprint density at radius 3 is 2.45 bits per heavy atom. The summed E-state index contributed by atoms with van der Waals surface area (Å²) in [5.74, 6) is -0.353. The van der Waals surface area contributed by atoms with Crippen molar-refractivity contribution in [3.63, 3.8) is 0 Å². The molecule has 2 aromatic heterocycles. The van der Waals surface area contributed by atoms with E-state index >= 15 is 0 Å². The predicted molar refractivity (Wildman–Crippen MR) is 128 cm³/mol. The molecule has 0 unspecified atom stereocenters. The van der Waals surface area contributed by atoms with Crippen molar-refractivity contribution in [1.29, 1.82) is 5.26 Å². The van der Waals surface area contributed by atoms with Crippen LogP contribution in [0.5, 0.6) is 0 Å². The Morgan fingerprint density at radius 2 is 1.76 bits per heavy atom. The van der Waals surface area contributed by atoms with Gasteiger partial charge in [-0.2, -0.15) is 10.4 Å². The van der Waals surface area contributed by atoms with Gasteiger partial charge in [-0.3, -0.25) is 4.79 Å². The van der Waals surface area contributed by atoms with E-state index in [0.717, 1.165) is 35.2 Å². The van der Waals surface area contributed by atoms with Gasteiger partial charge in [0.2, 0.25) is 0 Å². The van der Waals surface area contributed by atoms with Crippen LogP contribution in [0.3, 0.4) is 0 Å². The highest BCUT2D eigenvalue weighted by Gasteiger charge is 2.36. The van der Waals surface area contributed by atoms with Crippen LogP contribution in [0.25, 0.3) is 28.0 Å². The monoisotopic (exact) mass is 475 g/mol. The molecule has 2 heterocycles. The minimum atomic E-state index is -0.831. The molecular weight excluding hydrogens is 457 g/mol. The second kappa shape index (κ2) is 8.51. The summed E-state index contributed by atoms with van der Waals surface area (Å²) in [6, 6.07) is 17.2. The molecule has 8 heteroatoms. The van der Waals surface area contributed by atoms with Crippen molar-refractivity contribution in [1.82, 2.24) is 19.9 Å². The molecular formula is C25H19Cl2N5O. The maximum Gasteiger partial charge on any atom is 0.258 e. The summed E-state index contributed by atoms with van der Waals surface area (Å²) in [5.41, 5.74) is 3.05. The van der Waals surface area contributed by atoms with Crippen LogP contribution in [0.2, 0.25) is 10.0 Å². The van der Waals surface area contributed by atoms with Crippen molar-refractivity contribution >= 4 is 34.8 Å². The third-order valence-corrected chi connectivity index (χ3v) is 6.66. The number of nitrogens with one attached hydrogen (secondary N) is 1. The number of carbonyl (C=O) groups is 1. The standard InChI is InChI=1S/C25H19Cl2N5O/c26-17-9-7-16(8-10-17)22-19(18-5-1-2-6-21(18)27)13-29-23-20(14-30-32(22)23)24(33)31-25(15-28)11-3-4-12-25/h1-2,5-10,13-14H,3-4,11-12H2,(H,31,33). The molecule has 5 rings (SSSR count). The number of halogens is 2. The van der Waals surface area contributed by atoms with E-state index in [0.29, 0.717) is 34.1 Å². The zero-order chi connectivity index (χ0) is 23.0. The van der Waals surface area contributed by atoms with Crippen molar-refractivity contribution in [3.05, 3.63) is 76.5 Å². The van der Waals surface area contributed by atoms with Crippen LogP contribution in [0, 0.1) is 11.3 Å². The Balaban J connectivity index is 1.67. The predicted octanol–water partition coefficient (Wildman–Crippen LogP) is 5.94. The first-order valence-corrected chi connectivity index (χ1v) is 11.4. The van der Waals surface area contributed by atoms with Gasteiger partial charge in [0.05, 0.1) is 18.0 Å². The number of benzene rings is 2. The summed E-state index contributed by atoms with van der Waals surface area (Å²) >= 11 is 12.6. The minimum absolute atomic E-state index is 0.317. The zero-order valence-corrected chi connectivity index (χ0v) is 19.1. The molecule has 164 valence electrons. The first-order valence-electron chi connectivity index (χ1n) is 10.6. The topological polar surface area (TPSA) is 83.1 Å². The van der Waals surface area contributed by atoms with Crippen LogP contribution < -0.4 is 5.32 Å². The van der Waals surface area contributed by atoms with Crippen LogP contribution in [-0.4, -0.2) is 26.0 Å². The third kappa shape index (κ3) is 3.84. The summed E-state index contributed by atoms with van der Waals surface area (Å²) < 4.78 is 1.64. The molecule has 1 fully saturated rings. The third-order valence-electron chi connectivity index (χ3n) is 6.08. The second-order valence-electron chi connectivity index (χ2n) is 8.16. The van der Waals surface area contributed by atoms with Gasteiger partial charge < -0.3 is 5.32 Å². The molecule has 1 aliphatic carbocycles. The molecule has 0 aliphatic heterocycles. The molecule has 0 bridgehead atoms. The van der Waals surface area contributed by atoms with Gasteiger partial charge in [-0.05, 0) is 43.9 Å². The highest BCUT2D eigenvalue weighted by molar-refractivity contribution is 6.33. The van der Waals surface area contributed by atoms with E-state index in [2.05, 4.69) is 21.5 Å². The first-order chi connectivity index (χ1) is 16.0. The van der Waals surface area contributed by atoms with E-state index in [1.807, 2.05) is 36.4 Å². The average molecular weight is 476 g/mol. The van der Waals surface area contributed by atoms with Crippen LogP contribution in [0.15, 0.2) is 60.9 Å². The Labute approximate surface area is 200 Å². The summed E-state index contributed by atoms with van der Waals surface area (Å²) in [4.78, 5) is 17.7. The average Bonchev–Trinajstić information content (AvgIpc) is 3.47. The lowest BCUT2D eigenvalue weighted by Crippen LogP contribution is -2.45. The number of carbonyl (C=O) groups excluding carboxylic acids is 1. The molecule has 4 aromatic rings. The normalized spacial score (nSPS) is 14.8. The van der Waals surface area contributed by atoms with E-state index in [9.17, 15) is 10.1 Å². The number of hydrogen-bond donors (Lipinski definition) is 1. The van der Waals surface area contributed by atoms with Gasteiger partial charge in [-0.1, -0.05) is 53.5 Å². The SMILES string of the molecule is N#CC1(NC(=O)c2cnn3c(-c4ccc(Cl)cc4)c(-c4ccccc4Cl)cnc23)CCCC1. The van der Waals surface area contributed by atoms with Gasteiger partial charge in [-0.25, -0.2) is 9.50 Å². The summed E-state index contributed by atoms with van der Waals surface area (Å²) in [5, 5.41) is 18.3. The molecule has 0 saturated heterocycles. The highest BCUT2D eigenvalue weighted by atomic mass is 35.5. The summed E-state index contributed by atoms with van der Waals surface area (Å²) in [6.07, 6.45) is 6.33. The van der Waals surface area contributed by atoms with E-state index in [4.69, 9.17) is 23.2 Å². The van der Waals surface area contributed by atoms with Crippen LogP contribution in [-0.2, 0) is 0 Å². The van der Waals surface area contributed by atoms with Crippen molar-refractivity contribution in [2.24, 2.45) is 0 Å². The smallest absolute Gasteiger partial charge is 0.258 e. The van der Waals surface area contributed by atoms with Crippen LogP contribution in [0.1, 0.15) is 36.0 Å². The highest BCUT2D eigenvalue weighted by Crippen LogP contribution is 2.36. The lowest BCUT2D eigenvalue weighted by atomic mass is 9.99. The molecule has 1 aliphatic rings. The number of nitriles is 1. The van der Waals surface area contributed by atoms with Gasteiger partial charge >= 0.3 is 0 Å². The summed E-state index contributed by atoms with van der Waals surface area (Å²) in [7, 11) is 0. The molecule has 1 amide bonds. The van der Waals surface area contributed by atoms with E-state index < -0.39 is 5.54 Å². The van der Waals surface area contributed by atoms with Crippen molar-refractivity contribution < 1.29 is 4.79 Å². The molecule has 1 N–H and O–H groups in total. The maximum atomic E-state index is 13.1. The number of amides is 1. The van der Waals surface area contributed by atoms with Gasteiger partial charge in [0.15, 0.2) is 5.65 Å². The van der Waals surface area contributed by atoms with Gasteiger partial charge in [0, 0.05) is 32.9 Å². The molecule has 0 spiro atoms. The Morgan fingerprint density at radius 1 is 1.03 bits per heavy atom. The second-order valence-corrected chi connectivity index (χ2v) is 9.00. The van der Waals surface area contributed by atoms with E-state index in [1.165, 1.54) is 6.20 Å². The number of aromatic nitrogens is 3. The quantitative estimate of drug-likeness (QED) is 0.395. The summed E-state index contributed by atoms with van der Waals surface area (Å²) in [6.45, 7) is 0. The fourth-order valence-electron chi connectivity index (χ4n) is 4.38.